The van der Waals surface area contributed by atoms with Crippen molar-refractivity contribution in [3.63, 3.8) is 0 Å². The summed E-state index contributed by atoms with van der Waals surface area (Å²) in [6, 6.07) is 4.07. The van der Waals surface area contributed by atoms with Gasteiger partial charge in [-0.15, -0.1) is 0 Å². The molecule has 5 heteroatoms. The lowest BCUT2D eigenvalue weighted by atomic mass is 10.0. The van der Waals surface area contributed by atoms with Crippen molar-refractivity contribution in [1.82, 2.24) is 10.6 Å². The van der Waals surface area contributed by atoms with E-state index in [9.17, 15) is 0 Å². The summed E-state index contributed by atoms with van der Waals surface area (Å²) in [5.74, 6) is 2.22. The second-order valence-corrected chi connectivity index (χ2v) is 4.16. The molecule has 1 atom stereocenters. The molecule has 2 N–H and O–H groups in total. The van der Waals surface area contributed by atoms with Crippen LogP contribution in [0.15, 0.2) is 12.1 Å². The molecule has 1 aliphatic rings. The Morgan fingerprint density at radius 3 is 2.17 bits per heavy atom. The fourth-order valence-corrected chi connectivity index (χ4v) is 2.20. The highest BCUT2D eigenvalue weighted by Crippen LogP contribution is 2.37. The maximum atomic E-state index is 5.44. The van der Waals surface area contributed by atoms with E-state index in [-0.39, 0.29) is 6.04 Å². The van der Waals surface area contributed by atoms with E-state index in [0.717, 1.165) is 36.7 Å². The van der Waals surface area contributed by atoms with E-state index in [2.05, 4.69) is 10.6 Å². The predicted octanol–water partition coefficient (Wildman–Crippen LogP) is 0.946. The van der Waals surface area contributed by atoms with Crippen molar-refractivity contribution in [2.45, 2.75) is 6.04 Å². The van der Waals surface area contributed by atoms with E-state index < -0.39 is 0 Å². The molecule has 0 saturated carbocycles. The van der Waals surface area contributed by atoms with Gasteiger partial charge in [-0.05, 0) is 6.07 Å². The first-order valence-corrected chi connectivity index (χ1v) is 6.04. The summed E-state index contributed by atoms with van der Waals surface area (Å²) in [5.41, 5.74) is 1.09. The molecule has 0 radical (unpaired) electrons. The molecule has 1 saturated heterocycles. The van der Waals surface area contributed by atoms with Crippen molar-refractivity contribution in [3.05, 3.63) is 17.7 Å². The molecular weight excluding hydrogens is 232 g/mol. The van der Waals surface area contributed by atoms with Crippen molar-refractivity contribution < 1.29 is 14.2 Å². The van der Waals surface area contributed by atoms with Crippen LogP contribution in [0.3, 0.4) is 0 Å². The van der Waals surface area contributed by atoms with Crippen molar-refractivity contribution in [2.24, 2.45) is 0 Å². The number of benzene rings is 1. The summed E-state index contributed by atoms with van der Waals surface area (Å²) in [6.07, 6.45) is 0. The van der Waals surface area contributed by atoms with Crippen LogP contribution in [-0.4, -0.2) is 41.0 Å². The van der Waals surface area contributed by atoms with Crippen molar-refractivity contribution in [3.8, 4) is 17.2 Å². The molecule has 100 valence electrons. The molecule has 0 spiro atoms. The molecule has 1 aliphatic heterocycles. The van der Waals surface area contributed by atoms with Gasteiger partial charge < -0.3 is 24.8 Å². The normalized spacial score (nSPS) is 19.4. The second kappa shape index (κ2) is 5.93. The number of ether oxygens (including phenoxy) is 3. The minimum absolute atomic E-state index is 0.230. The van der Waals surface area contributed by atoms with Gasteiger partial charge in [-0.1, -0.05) is 0 Å². The molecule has 0 amide bonds. The SMILES string of the molecule is COc1cc(OC)c([C@@H]2CNCCN2)cc1OC. The van der Waals surface area contributed by atoms with Gasteiger partial charge in [-0.25, -0.2) is 0 Å². The average molecular weight is 252 g/mol. The summed E-state index contributed by atoms with van der Waals surface area (Å²) in [5, 5.41) is 6.82. The molecule has 0 aliphatic carbocycles. The van der Waals surface area contributed by atoms with E-state index in [4.69, 9.17) is 14.2 Å². The molecule has 0 aromatic heterocycles. The van der Waals surface area contributed by atoms with Crippen LogP contribution < -0.4 is 24.8 Å². The Labute approximate surface area is 107 Å². The monoisotopic (exact) mass is 252 g/mol. The van der Waals surface area contributed by atoms with Gasteiger partial charge in [0.1, 0.15) is 5.75 Å². The zero-order chi connectivity index (χ0) is 13.0. The lowest BCUT2D eigenvalue weighted by molar-refractivity contribution is 0.342. The molecule has 2 rings (SSSR count). The molecule has 1 fully saturated rings. The topological polar surface area (TPSA) is 51.8 Å². The first-order chi connectivity index (χ1) is 8.80. The molecule has 1 heterocycles. The van der Waals surface area contributed by atoms with Gasteiger partial charge in [0, 0.05) is 37.3 Å². The summed E-state index contributed by atoms with van der Waals surface area (Å²) in [6.45, 7) is 2.82. The zero-order valence-corrected chi connectivity index (χ0v) is 11.1. The largest absolute Gasteiger partial charge is 0.496 e. The van der Waals surface area contributed by atoms with Crippen LogP contribution in [-0.2, 0) is 0 Å². The van der Waals surface area contributed by atoms with Crippen molar-refractivity contribution in [2.75, 3.05) is 41.0 Å². The Kier molecular flexibility index (Phi) is 4.28. The summed E-state index contributed by atoms with van der Waals surface area (Å²) in [7, 11) is 4.93. The highest BCUT2D eigenvalue weighted by Gasteiger charge is 2.21. The standard InChI is InChI=1S/C13H20N2O3/c1-16-11-7-13(18-3)12(17-2)6-9(11)10-8-14-4-5-15-10/h6-7,10,14-15H,4-5,8H2,1-3H3/t10-/m0/s1. The van der Waals surface area contributed by atoms with Gasteiger partial charge in [-0.2, -0.15) is 0 Å². The van der Waals surface area contributed by atoms with Crippen LogP contribution >= 0.6 is 0 Å². The molecule has 18 heavy (non-hydrogen) atoms. The molecule has 1 aromatic carbocycles. The number of hydrogen-bond acceptors (Lipinski definition) is 5. The van der Waals surface area contributed by atoms with Gasteiger partial charge in [0.05, 0.1) is 21.3 Å². The number of methoxy groups -OCH3 is 3. The smallest absolute Gasteiger partial charge is 0.164 e. The van der Waals surface area contributed by atoms with Gasteiger partial charge in [-0.3, -0.25) is 0 Å². The molecule has 1 aromatic rings. The molecule has 5 nitrogen and oxygen atoms in total. The van der Waals surface area contributed by atoms with Crippen molar-refractivity contribution >= 4 is 0 Å². The van der Waals surface area contributed by atoms with E-state index in [1.165, 1.54) is 0 Å². The van der Waals surface area contributed by atoms with Gasteiger partial charge in [0.25, 0.3) is 0 Å². The number of hydrogen-bond donors (Lipinski definition) is 2. The Morgan fingerprint density at radius 1 is 0.944 bits per heavy atom. The Morgan fingerprint density at radius 2 is 1.61 bits per heavy atom. The maximum absolute atomic E-state index is 5.44. The van der Waals surface area contributed by atoms with Crippen LogP contribution in [0.5, 0.6) is 17.2 Å². The Balaban J connectivity index is 2.37. The predicted molar refractivity (Wildman–Crippen MR) is 69.7 cm³/mol. The van der Waals surface area contributed by atoms with Crippen LogP contribution in [0, 0.1) is 0 Å². The first-order valence-electron chi connectivity index (χ1n) is 6.04. The minimum atomic E-state index is 0.230. The lowest BCUT2D eigenvalue weighted by Gasteiger charge is -2.27. The third-order valence-electron chi connectivity index (χ3n) is 3.15. The molecule has 0 unspecified atom stereocenters. The second-order valence-electron chi connectivity index (χ2n) is 4.16. The highest BCUT2D eigenvalue weighted by atomic mass is 16.5. The van der Waals surface area contributed by atoms with Crippen LogP contribution in [0.25, 0.3) is 0 Å². The van der Waals surface area contributed by atoms with E-state index >= 15 is 0 Å². The van der Waals surface area contributed by atoms with Gasteiger partial charge >= 0.3 is 0 Å². The van der Waals surface area contributed by atoms with E-state index in [1.54, 1.807) is 21.3 Å². The summed E-state index contributed by atoms with van der Waals surface area (Å²) in [4.78, 5) is 0. The van der Waals surface area contributed by atoms with E-state index in [1.807, 2.05) is 12.1 Å². The first kappa shape index (κ1) is 13.0. The maximum Gasteiger partial charge on any atom is 0.164 e. The van der Waals surface area contributed by atoms with Crippen LogP contribution in [0.1, 0.15) is 11.6 Å². The molecular formula is C13H20N2O3. The molecule has 0 bridgehead atoms. The van der Waals surface area contributed by atoms with Gasteiger partial charge in [0.15, 0.2) is 11.5 Å². The Bertz CT molecular complexity index is 403. The summed E-state index contributed by atoms with van der Waals surface area (Å²) < 4.78 is 16.1. The quantitative estimate of drug-likeness (QED) is 0.835. The third-order valence-corrected chi connectivity index (χ3v) is 3.15. The lowest BCUT2D eigenvalue weighted by Crippen LogP contribution is -2.42. The highest BCUT2D eigenvalue weighted by molar-refractivity contribution is 5.52. The van der Waals surface area contributed by atoms with E-state index in [0.29, 0.717) is 5.75 Å². The summed E-state index contributed by atoms with van der Waals surface area (Å²) >= 11 is 0. The number of piperazine rings is 1. The fraction of sp³-hybridized carbons (Fsp3) is 0.538. The Hall–Kier alpha value is -1.46. The number of nitrogens with one attached hydrogen (secondary N) is 2. The minimum Gasteiger partial charge on any atom is -0.496 e. The number of rotatable bonds is 4. The zero-order valence-electron chi connectivity index (χ0n) is 11.1. The average Bonchev–Trinajstić information content (AvgIpc) is 2.46. The van der Waals surface area contributed by atoms with Gasteiger partial charge in [0.2, 0.25) is 0 Å². The van der Waals surface area contributed by atoms with Crippen LogP contribution in [0.2, 0.25) is 0 Å². The van der Waals surface area contributed by atoms with Crippen LogP contribution in [0.4, 0.5) is 0 Å². The fourth-order valence-electron chi connectivity index (χ4n) is 2.20. The van der Waals surface area contributed by atoms with Crippen molar-refractivity contribution in [1.29, 1.82) is 0 Å². The third kappa shape index (κ3) is 2.52.